The van der Waals surface area contributed by atoms with Gasteiger partial charge in [0.2, 0.25) is 0 Å². The number of nitrogens with two attached hydrogens (primary N) is 1. The van der Waals surface area contributed by atoms with Crippen molar-refractivity contribution in [2.75, 3.05) is 13.1 Å². The third kappa shape index (κ3) is 3.84. The van der Waals surface area contributed by atoms with E-state index < -0.39 is 17.5 Å². The van der Waals surface area contributed by atoms with Gasteiger partial charge in [-0.05, 0) is 30.9 Å². The molecule has 1 aromatic rings. The summed E-state index contributed by atoms with van der Waals surface area (Å²) in [6.07, 6.45) is 1.67. The first kappa shape index (κ1) is 18.1. The molecule has 0 spiro atoms. The Balaban J connectivity index is 0.00000220. The van der Waals surface area contributed by atoms with Gasteiger partial charge in [-0.3, -0.25) is 4.79 Å². The molecule has 0 aliphatic carbocycles. The number of amides is 1. The van der Waals surface area contributed by atoms with Crippen LogP contribution in [0.25, 0.3) is 0 Å². The molecule has 2 rings (SSSR count). The van der Waals surface area contributed by atoms with Crippen LogP contribution in [-0.2, 0) is 0 Å². The number of nitrogens with zero attached hydrogens (tertiary/aromatic N) is 1. The van der Waals surface area contributed by atoms with Crippen molar-refractivity contribution >= 4 is 29.9 Å². The maximum Gasteiger partial charge on any atom is 0.255 e. The van der Waals surface area contributed by atoms with Gasteiger partial charge in [0.25, 0.3) is 5.91 Å². The van der Waals surface area contributed by atoms with E-state index >= 15 is 0 Å². The number of carbonyl (C=O) groups excluding carboxylic acids is 1. The molecule has 1 aliphatic rings. The smallest absolute Gasteiger partial charge is 0.255 e. The summed E-state index contributed by atoms with van der Waals surface area (Å²) in [6, 6.07) is 1.59. The van der Waals surface area contributed by atoms with Gasteiger partial charge in [-0.2, -0.15) is 0 Å². The molecule has 0 saturated carbocycles. The minimum absolute atomic E-state index is 0. The molecule has 0 bridgehead atoms. The highest BCUT2D eigenvalue weighted by atomic mass is 35.5. The zero-order chi connectivity index (χ0) is 14.9. The SMILES string of the molecule is CC1CCN(C(=O)c2cc(F)c(F)cc2Cl)C(CN)C1.Cl. The molecule has 7 heteroatoms. The van der Waals surface area contributed by atoms with E-state index in [-0.39, 0.29) is 29.0 Å². The van der Waals surface area contributed by atoms with Crippen molar-refractivity contribution in [2.45, 2.75) is 25.8 Å². The molecule has 3 nitrogen and oxygen atoms in total. The van der Waals surface area contributed by atoms with E-state index in [0.717, 1.165) is 25.0 Å². The average Bonchev–Trinajstić information content (AvgIpc) is 2.42. The van der Waals surface area contributed by atoms with Crippen molar-refractivity contribution < 1.29 is 13.6 Å². The van der Waals surface area contributed by atoms with Crippen LogP contribution in [0.2, 0.25) is 5.02 Å². The molecule has 0 radical (unpaired) electrons. The Morgan fingerprint density at radius 1 is 1.43 bits per heavy atom. The van der Waals surface area contributed by atoms with Gasteiger partial charge >= 0.3 is 0 Å². The van der Waals surface area contributed by atoms with Crippen LogP contribution >= 0.6 is 24.0 Å². The van der Waals surface area contributed by atoms with Crippen molar-refractivity contribution in [3.8, 4) is 0 Å². The Morgan fingerprint density at radius 3 is 2.67 bits per heavy atom. The predicted octanol–water partition coefficient (Wildman–Crippen LogP) is 3.24. The highest BCUT2D eigenvalue weighted by Crippen LogP contribution is 2.27. The summed E-state index contributed by atoms with van der Waals surface area (Å²) < 4.78 is 26.4. The third-order valence-corrected chi connectivity index (χ3v) is 4.06. The van der Waals surface area contributed by atoms with Crippen molar-refractivity contribution in [1.29, 1.82) is 0 Å². The van der Waals surface area contributed by atoms with Crippen molar-refractivity contribution in [2.24, 2.45) is 11.7 Å². The van der Waals surface area contributed by atoms with Gasteiger partial charge in [0.05, 0.1) is 10.6 Å². The zero-order valence-electron chi connectivity index (χ0n) is 11.6. The first-order valence-electron chi connectivity index (χ1n) is 6.59. The highest BCUT2D eigenvalue weighted by molar-refractivity contribution is 6.33. The van der Waals surface area contributed by atoms with Gasteiger partial charge < -0.3 is 10.6 Å². The lowest BCUT2D eigenvalue weighted by atomic mass is 9.92. The molecule has 1 aromatic carbocycles. The van der Waals surface area contributed by atoms with Crippen molar-refractivity contribution in [3.63, 3.8) is 0 Å². The molecule has 1 aliphatic heterocycles. The van der Waals surface area contributed by atoms with Crippen LogP contribution in [0.3, 0.4) is 0 Å². The summed E-state index contributed by atoms with van der Waals surface area (Å²) >= 11 is 5.85. The van der Waals surface area contributed by atoms with Crippen molar-refractivity contribution in [3.05, 3.63) is 34.4 Å². The van der Waals surface area contributed by atoms with Crippen LogP contribution in [0.1, 0.15) is 30.1 Å². The number of carbonyl (C=O) groups is 1. The molecule has 118 valence electrons. The lowest BCUT2D eigenvalue weighted by Gasteiger charge is -2.38. The summed E-state index contributed by atoms with van der Waals surface area (Å²) in [4.78, 5) is 14.1. The van der Waals surface area contributed by atoms with E-state index in [2.05, 4.69) is 6.92 Å². The number of hydrogen-bond acceptors (Lipinski definition) is 2. The van der Waals surface area contributed by atoms with Gasteiger partial charge in [0.1, 0.15) is 0 Å². The largest absolute Gasteiger partial charge is 0.334 e. The number of benzene rings is 1. The Hall–Kier alpha value is -0.910. The number of rotatable bonds is 2. The molecule has 1 saturated heterocycles. The lowest BCUT2D eigenvalue weighted by Crippen LogP contribution is -2.49. The predicted molar refractivity (Wildman–Crippen MR) is 80.9 cm³/mol. The fourth-order valence-corrected chi connectivity index (χ4v) is 2.81. The van der Waals surface area contributed by atoms with E-state index in [1.165, 1.54) is 0 Å². The molecule has 2 unspecified atom stereocenters. The maximum atomic E-state index is 13.3. The van der Waals surface area contributed by atoms with Gasteiger partial charge in [-0.25, -0.2) is 8.78 Å². The fourth-order valence-electron chi connectivity index (χ4n) is 2.58. The van der Waals surface area contributed by atoms with Crippen molar-refractivity contribution in [1.82, 2.24) is 4.90 Å². The van der Waals surface area contributed by atoms with Crippen LogP contribution < -0.4 is 5.73 Å². The van der Waals surface area contributed by atoms with Crippen LogP contribution in [0.5, 0.6) is 0 Å². The second kappa shape index (κ2) is 7.38. The number of piperidine rings is 1. The summed E-state index contributed by atoms with van der Waals surface area (Å²) in [6.45, 7) is 3.00. The van der Waals surface area contributed by atoms with Crippen LogP contribution in [0, 0.1) is 17.6 Å². The van der Waals surface area contributed by atoms with Gasteiger partial charge in [-0.15, -0.1) is 12.4 Å². The Kier molecular flexibility index (Phi) is 6.38. The second-order valence-electron chi connectivity index (χ2n) is 5.26. The van der Waals surface area contributed by atoms with E-state index in [0.29, 0.717) is 19.0 Å². The number of hydrogen-bond donors (Lipinski definition) is 1. The van der Waals surface area contributed by atoms with E-state index in [1.807, 2.05) is 0 Å². The van der Waals surface area contributed by atoms with Crippen LogP contribution in [0.15, 0.2) is 12.1 Å². The molecule has 2 N–H and O–H groups in total. The number of halogens is 4. The minimum Gasteiger partial charge on any atom is -0.334 e. The average molecular weight is 339 g/mol. The first-order valence-corrected chi connectivity index (χ1v) is 6.97. The van der Waals surface area contributed by atoms with E-state index in [9.17, 15) is 13.6 Å². The Bertz CT molecular complexity index is 528. The summed E-state index contributed by atoms with van der Waals surface area (Å²) in [5, 5.41) is -0.0803. The molecule has 1 fully saturated rings. The Morgan fingerprint density at radius 2 is 2.05 bits per heavy atom. The minimum atomic E-state index is -1.08. The molecule has 2 atom stereocenters. The molecular weight excluding hydrogens is 321 g/mol. The van der Waals surface area contributed by atoms with Gasteiger partial charge in [-0.1, -0.05) is 18.5 Å². The summed E-state index contributed by atoms with van der Waals surface area (Å²) in [5.41, 5.74) is 5.69. The molecule has 1 amide bonds. The zero-order valence-corrected chi connectivity index (χ0v) is 13.2. The summed E-state index contributed by atoms with van der Waals surface area (Å²) in [7, 11) is 0. The van der Waals surface area contributed by atoms with E-state index in [4.69, 9.17) is 17.3 Å². The van der Waals surface area contributed by atoms with Crippen LogP contribution in [0.4, 0.5) is 8.78 Å². The monoisotopic (exact) mass is 338 g/mol. The van der Waals surface area contributed by atoms with E-state index in [1.54, 1.807) is 4.90 Å². The van der Waals surface area contributed by atoms with Crippen LogP contribution in [-0.4, -0.2) is 29.9 Å². The topological polar surface area (TPSA) is 46.3 Å². The second-order valence-corrected chi connectivity index (χ2v) is 5.67. The quantitative estimate of drug-likeness (QED) is 0.841. The molecule has 0 aromatic heterocycles. The lowest BCUT2D eigenvalue weighted by molar-refractivity contribution is 0.0573. The molecule has 1 heterocycles. The Labute approximate surface area is 133 Å². The maximum absolute atomic E-state index is 13.3. The normalized spacial score (nSPS) is 21.9. The number of likely N-dealkylation sites (tertiary alicyclic amines) is 1. The standard InChI is InChI=1S/C14H17ClF2N2O.ClH/c1-8-2-3-19(9(4-8)7-18)14(20)10-5-12(16)13(17)6-11(10)15;/h5-6,8-9H,2-4,7,18H2,1H3;1H. The summed E-state index contributed by atoms with van der Waals surface area (Å²) in [5.74, 6) is -2.04. The fraction of sp³-hybridized carbons (Fsp3) is 0.500. The molecule has 21 heavy (non-hydrogen) atoms. The highest BCUT2D eigenvalue weighted by Gasteiger charge is 2.30. The van der Waals surface area contributed by atoms with Gasteiger partial charge in [0.15, 0.2) is 11.6 Å². The van der Waals surface area contributed by atoms with Gasteiger partial charge in [0, 0.05) is 19.1 Å². The third-order valence-electron chi connectivity index (χ3n) is 3.75. The molecular formula is C14H18Cl2F2N2O. The first-order chi connectivity index (χ1) is 9.43.